The van der Waals surface area contributed by atoms with E-state index in [0.717, 1.165) is 44.8 Å². The zero-order chi connectivity index (χ0) is 12.1. The van der Waals surface area contributed by atoms with Crippen molar-refractivity contribution in [3.05, 3.63) is 0 Å². The normalized spacial score (nSPS) is 28.1. The highest BCUT2D eigenvalue weighted by Crippen LogP contribution is 2.19. The van der Waals surface area contributed by atoms with Crippen LogP contribution in [-0.2, 0) is 9.84 Å². The molecule has 17 heavy (non-hydrogen) atoms. The highest BCUT2D eigenvalue weighted by Gasteiger charge is 2.28. The largest absolute Gasteiger partial charge is 0.315 e. The highest BCUT2D eigenvalue weighted by atomic mass is 32.2. The van der Waals surface area contributed by atoms with Crippen molar-refractivity contribution in [2.24, 2.45) is 0 Å². The molecule has 5 heteroatoms. The van der Waals surface area contributed by atoms with Crippen LogP contribution in [0.2, 0.25) is 0 Å². The molecule has 1 heterocycles. The van der Waals surface area contributed by atoms with Gasteiger partial charge in [-0.15, -0.1) is 0 Å². The first-order valence-electron chi connectivity index (χ1n) is 6.84. The van der Waals surface area contributed by atoms with Crippen molar-refractivity contribution in [2.75, 3.05) is 25.4 Å². The smallest absolute Gasteiger partial charge is 0.154 e. The lowest BCUT2D eigenvalue weighted by Crippen LogP contribution is -2.38. The molecule has 2 rings (SSSR count). The van der Waals surface area contributed by atoms with Crippen LogP contribution in [0.3, 0.4) is 0 Å². The van der Waals surface area contributed by atoms with E-state index in [1.807, 2.05) is 0 Å². The lowest BCUT2D eigenvalue weighted by Gasteiger charge is -2.22. The summed E-state index contributed by atoms with van der Waals surface area (Å²) >= 11 is 0. The number of nitrogens with one attached hydrogen (secondary N) is 2. The van der Waals surface area contributed by atoms with Gasteiger partial charge in [-0.1, -0.05) is 6.42 Å². The maximum Gasteiger partial charge on any atom is 0.154 e. The Morgan fingerprint density at radius 1 is 1.06 bits per heavy atom. The number of hydrogen-bond donors (Lipinski definition) is 2. The van der Waals surface area contributed by atoms with Crippen LogP contribution in [0.1, 0.15) is 38.5 Å². The summed E-state index contributed by atoms with van der Waals surface area (Å²) in [5.74, 6) is 0.391. The minimum absolute atomic E-state index is 0.132. The fraction of sp³-hybridized carbons (Fsp3) is 1.00. The molecule has 100 valence electrons. The van der Waals surface area contributed by atoms with Crippen LogP contribution in [0.25, 0.3) is 0 Å². The molecule has 1 saturated carbocycles. The van der Waals surface area contributed by atoms with Gasteiger partial charge in [0.2, 0.25) is 0 Å². The van der Waals surface area contributed by atoms with Gasteiger partial charge < -0.3 is 10.6 Å². The minimum Gasteiger partial charge on any atom is -0.315 e. The second-order valence-electron chi connectivity index (χ2n) is 5.27. The summed E-state index contributed by atoms with van der Waals surface area (Å²) in [5, 5.41) is 6.61. The second kappa shape index (κ2) is 6.16. The molecule has 2 fully saturated rings. The molecule has 4 nitrogen and oxygen atoms in total. The van der Waals surface area contributed by atoms with E-state index in [1.54, 1.807) is 0 Å². The average Bonchev–Trinajstić information content (AvgIpc) is 3.08. The third-order valence-electron chi connectivity index (χ3n) is 3.63. The minimum atomic E-state index is -2.80. The molecule has 0 aromatic heterocycles. The Balaban J connectivity index is 1.54. The van der Waals surface area contributed by atoms with Crippen molar-refractivity contribution in [1.82, 2.24) is 10.6 Å². The van der Waals surface area contributed by atoms with Crippen LogP contribution in [0.5, 0.6) is 0 Å². The fourth-order valence-corrected chi connectivity index (χ4v) is 4.16. The number of rotatable bonds is 7. The molecule has 0 bridgehead atoms. The first-order valence-corrected chi connectivity index (χ1v) is 8.56. The summed E-state index contributed by atoms with van der Waals surface area (Å²) in [6.07, 6.45) is 6.50. The van der Waals surface area contributed by atoms with Gasteiger partial charge in [0, 0.05) is 12.6 Å². The van der Waals surface area contributed by atoms with Gasteiger partial charge in [0.05, 0.1) is 11.0 Å². The van der Waals surface area contributed by atoms with E-state index in [-0.39, 0.29) is 5.25 Å². The van der Waals surface area contributed by atoms with Crippen molar-refractivity contribution < 1.29 is 8.42 Å². The van der Waals surface area contributed by atoms with E-state index in [9.17, 15) is 8.42 Å². The van der Waals surface area contributed by atoms with Crippen LogP contribution >= 0.6 is 0 Å². The third kappa shape index (κ3) is 4.56. The van der Waals surface area contributed by atoms with Crippen molar-refractivity contribution in [3.63, 3.8) is 0 Å². The Labute approximate surface area is 104 Å². The molecule has 1 aliphatic carbocycles. The number of sulfone groups is 1. The standard InChI is InChI=1S/C12H24N2O2S/c15-17(16)9-2-1-4-12(17)10-13-7-3-8-14-11-5-6-11/h11-14H,1-10H2. The molecule has 1 aliphatic heterocycles. The van der Waals surface area contributed by atoms with Crippen molar-refractivity contribution >= 4 is 9.84 Å². The lowest BCUT2D eigenvalue weighted by atomic mass is 10.2. The van der Waals surface area contributed by atoms with Gasteiger partial charge in [-0.2, -0.15) is 0 Å². The van der Waals surface area contributed by atoms with Gasteiger partial charge in [0.1, 0.15) is 0 Å². The zero-order valence-electron chi connectivity index (χ0n) is 10.5. The van der Waals surface area contributed by atoms with Gasteiger partial charge in [0.15, 0.2) is 9.84 Å². The van der Waals surface area contributed by atoms with Crippen LogP contribution in [0.15, 0.2) is 0 Å². The molecule has 1 saturated heterocycles. The quantitative estimate of drug-likeness (QED) is 0.661. The van der Waals surface area contributed by atoms with Crippen molar-refractivity contribution in [1.29, 1.82) is 0 Å². The Morgan fingerprint density at radius 3 is 2.59 bits per heavy atom. The van der Waals surface area contributed by atoms with Crippen molar-refractivity contribution in [2.45, 2.75) is 49.8 Å². The molecule has 0 amide bonds. The molecule has 0 aromatic rings. The van der Waals surface area contributed by atoms with Gasteiger partial charge >= 0.3 is 0 Å². The van der Waals surface area contributed by atoms with Gasteiger partial charge in [-0.05, 0) is 45.2 Å². The molecule has 2 aliphatic rings. The van der Waals surface area contributed by atoms with Crippen LogP contribution in [0.4, 0.5) is 0 Å². The predicted octanol–water partition coefficient (Wildman–Crippen LogP) is 0.685. The van der Waals surface area contributed by atoms with E-state index in [1.165, 1.54) is 12.8 Å². The lowest BCUT2D eigenvalue weighted by molar-refractivity contribution is 0.514. The predicted molar refractivity (Wildman–Crippen MR) is 69.9 cm³/mol. The average molecular weight is 260 g/mol. The maximum atomic E-state index is 11.7. The Bertz CT molecular complexity index is 325. The van der Waals surface area contributed by atoms with Gasteiger partial charge in [0.25, 0.3) is 0 Å². The summed E-state index contributed by atoms with van der Waals surface area (Å²) < 4.78 is 23.5. The summed E-state index contributed by atoms with van der Waals surface area (Å²) in [6, 6.07) is 0.772. The Morgan fingerprint density at radius 2 is 1.88 bits per heavy atom. The molecule has 1 unspecified atom stereocenters. The number of hydrogen-bond acceptors (Lipinski definition) is 4. The van der Waals surface area contributed by atoms with E-state index in [0.29, 0.717) is 12.3 Å². The molecular formula is C12H24N2O2S. The second-order valence-corrected chi connectivity index (χ2v) is 7.67. The van der Waals surface area contributed by atoms with Crippen molar-refractivity contribution in [3.8, 4) is 0 Å². The summed E-state index contributed by atoms with van der Waals surface area (Å²) in [4.78, 5) is 0. The SMILES string of the molecule is O=S1(=O)CCCCC1CNCCCNC1CC1. The summed E-state index contributed by atoms with van der Waals surface area (Å²) in [5.41, 5.74) is 0. The molecule has 0 radical (unpaired) electrons. The molecular weight excluding hydrogens is 236 g/mol. The zero-order valence-corrected chi connectivity index (χ0v) is 11.3. The third-order valence-corrected chi connectivity index (χ3v) is 5.90. The van der Waals surface area contributed by atoms with Crippen LogP contribution in [-0.4, -0.2) is 45.1 Å². The topological polar surface area (TPSA) is 58.2 Å². The van der Waals surface area contributed by atoms with Crippen LogP contribution < -0.4 is 10.6 Å². The first-order chi connectivity index (χ1) is 8.18. The highest BCUT2D eigenvalue weighted by molar-refractivity contribution is 7.92. The maximum absolute atomic E-state index is 11.7. The molecule has 0 spiro atoms. The van der Waals surface area contributed by atoms with E-state index < -0.39 is 9.84 Å². The summed E-state index contributed by atoms with van der Waals surface area (Å²) in [6.45, 7) is 2.62. The van der Waals surface area contributed by atoms with E-state index in [2.05, 4.69) is 10.6 Å². The fourth-order valence-electron chi connectivity index (χ4n) is 2.32. The molecule has 0 aromatic carbocycles. The van der Waals surface area contributed by atoms with E-state index in [4.69, 9.17) is 0 Å². The van der Waals surface area contributed by atoms with Gasteiger partial charge in [-0.3, -0.25) is 0 Å². The first kappa shape index (κ1) is 13.3. The Hall–Kier alpha value is -0.130. The summed E-state index contributed by atoms with van der Waals surface area (Å²) in [7, 11) is -2.80. The Kier molecular flexibility index (Phi) is 4.82. The van der Waals surface area contributed by atoms with E-state index >= 15 is 0 Å². The molecule has 1 atom stereocenters. The van der Waals surface area contributed by atoms with Gasteiger partial charge in [-0.25, -0.2) is 8.42 Å². The monoisotopic (exact) mass is 260 g/mol. The van der Waals surface area contributed by atoms with Crippen LogP contribution in [0, 0.1) is 0 Å². The molecule has 2 N–H and O–H groups in total.